The fourth-order valence-electron chi connectivity index (χ4n) is 3.10. The van der Waals surface area contributed by atoms with Crippen molar-refractivity contribution in [3.63, 3.8) is 0 Å². The minimum Gasteiger partial charge on any atom is -0.373 e. The number of aryl methyl sites for hydroxylation is 2. The summed E-state index contributed by atoms with van der Waals surface area (Å²) in [5, 5.41) is 3.73. The molecular weight excluding hydrogens is 324 g/mol. The van der Waals surface area contributed by atoms with E-state index in [0.29, 0.717) is 10.7 Å². The van der Waals surface area contributed by atoms with E-state index in [1.165, 1.54) is 4.90 Å². The molecule has 0 unspecified atom stereocenters. The largest absolute Gasteiger partial charge is 0.373 e. The Morgan fingerprint density at radius 3 is 2.42 bits per heavy atom. The number of anilines is 2. The Bertz CT molecular complexity index is 812. The van der Waals surface area contributed by atoms with E-state index in [9.17, 15) is 9.59 Å². The van der Waals surface area contributed by atoms with Gasteiger partial charge in [0.15, 0.2) is 0 Å². The minimum atomic E-state index is -0.558. The average molecular weight is 343 g/mol. The molecule has 0 aromatic heterocycles. The smallest absolute Gasteiger partial charge is 0.256 e. The van der Waals surface area contributed by atoms with E-state index in [0.717, 1.165) is 22.4 Å². The zero-order chi connectivity index (χ0) is 17.4. The lowest BCUT2D eigenvalue weighted by molar-refractivity contribution is -0.121. The molecule has 0 spiro atoms. The Hall–Kier alpha value is -2.33. The van der Waals surface area contributed by atoms with Crippen molar-refractivity contribution in [1.82, 2.24) is 0 Å². The Morgan fingerprint density at radius 1 is 1.08 bits per heavy atom. The van der Waals surface area contributed by atoms with Crippen LogP contribution in [-0.2, 0) is 9.59 Å². The number of halogens is 1. The Kier molecular flexibility index (Phi) is 4.33. The maximum Gasteiger partial charge on any atom is 0.256 e. The molecule has 24 heavy (non-hydrogen) atoms. The van der Waals surface area contributed by atoms with Gasteiger partial charge >= 0.3 is 0 Å². The molecular formula is C19H19ClN2O2. The van der Waals surface area contributed by atoms with Crippen LogP contribution in [0, 0.1) is 20.8 Å². The summed E-state index contributed by atoms with van der Waals surface area (Å²) in [7, 11) is 0. The SMILES string of the molecule is Cc1cc(C)cc(N[C@H]2CC(=O)N(c3cccc(Cl)c3C)C2=O)c1. The molecule has 2 aromatic rings. The number of benzene rings is 2. The summed E-state index contributed by atoms with van der Waals surface area (Å²) in [5.74, 6) is -0.461. The van der Waals surface area contributed by atoms with Gasteiger partial charge in [0.2, 0.25) is 5.91 Å². The van der Waals surface area contributed by atoms with Crippen LogP contribution in [0.3, 0.4) is 0 Å². The van der Waals surface area contributed by atoms with Crippen molar-refractivity contribution < 1.29 is 9.59 Å². The number of rotatable bonds is 3. The molecule has 0 radical (unpaired) electrons. The molecule has 5 heteroatoms. The third-order valence-corrected chi connectivity index (χ3v) is 4.60. The van der Waals surface area contributed by atoms with Crippen molar-refractivity contribution in [3.8, 4) is 0 Å². The van der Waals surface area contributed by atoms with Crippen molar-refractivity contribution in [2.24, 2.45) is 0 Å². The van der Waals surface area contributed by atoms with Gasteiger partial charge in [-0.15, -0.1) is 0 Å². The normalized spacial score (nSPS) is 17.5. The van der Waals surface area contributed by atoms with E-state index < -0.39 is 6.04 Å². The standard InChI is InChI=1S/C19H19ClN2O2/c1-11-7-12(2)9-14(8-11)21-16-10-18(23)22(19(16)24)17-6-4-5-15(20)13(17)3/h4-9,16,21H,10H2,1-3H3/t16-/m0/s1. The minimum absolute atomic E-state index is 0.137. The molecule has 3 rings (SSSR count). The second-order valence-electron chi connectivity index (χ2n) is 6.23. The summed E-state index contributed by atoms with van der Waals surface area (Å²) in [5.41, 5.74) is 4.35. The van der Waals surface area contributed by atoms with Gasteiger partial charge in [0.25, 0.3) is 5.91 Å². The van der Waals surface area contributed by atoms with Crippen LogP contribution in [0.5, 0.6) is 0 Å². The topological polar surface area (TPSA) is 49.4 Å². The molecule has 1 aliphatic rings. The summed E-state index contributed by atoms with van der Waals surface area (Å²) in [4.78, 5) is 26.4. The lowest BCUT2D eigenvalue weighted by Gasteiger charge is -2.19. The zero-order valence-corrected chi connectivity index (χ0v) is 14.6. The van der Waals surface area contributed by atoms with Crippen LogP contribution in [0.4, 0.5) is 11.4 Å². The van der Waals surface area contributed by atoms with Crippen LogP contribution >= 0.6 is 11.6 Å². The van der Waals surface area contributed by atoms with Gasteiger partial charge in [-0.2, -0.15) is 0 Å². The fraction of sp³-hybridized carbons (Fsp3) is 0.263. The molecule has 2 amide bonds. The number of amides is 2. The summed E-state index contributed by atoms with van der Waals surface area (Å²) in [6, 6.07) is 10.7. The van der Waals surface area contributed by atoms with Gasteiger partial charge in [-0.05, 0) is 61.7 Å². The molecule has 1 N–H and O–H groups in total. The highest BCUT2D eigenvalue weighted by atomic mass is 35.5. The van der Waals surface area contributed by atoms with Crippen molar-refractivity contribution >= 4 is 34.8 Å². The number of imide groups is 1. The molecule has 4 nitrogen and oxygen atoms in total. The van der Waals surface area contributed by atoms with Crippen molar-refractivity contribution in [2.75, 3.05) is 10.2 Å². The quantitative estimate of drug-likeness (QED) is 0.857. The van der Waals surface area contributed by atoms with E-state index >= 15 is 0 Å². The van der Waals surface area contributed by atoms with Crippen molar-refractivity contribution in [3.05, 3.63) is 58.1 Å². The predicted octanol–water partition coefficient (Wildman–Crippen LogP) is 4.01. The van der Waals surface area contributed by atoms with Gasteiger partial charge < -0.3 is 5.32 Å². The molecule has 0 saturated carbocycles. The molecule has 1 aliphatic heterocycles. The van der Waals surface area contributed by atoms with E-state index in [4.69, 9.17) is 11.6 Å². The molecule has 0 bridgehead atoms. The molecule has 1 fully saturated rings. The number of nitrogens with zero attached hydrogens (tertiary/aromatic N) is 1. The van der Waals surface area contributed by atoms with Crippen molar-refractivity contribution in [1.29, 1.82) is 0 Å². The number of carbonyl (C=O) groups is 2. The molecule has 1 heterocycles. The first-order valence-electron chi connectivity index (χ1n) is 7.83. The number of hydrogen-bond donors (Lipinski definition) is 1. The Morgan fingerprint density at radius 2 is 1.75 bits per heavy atom. The van der Waals surface area contributed by atoms with Crippen LogP contribution in [0.15, 0.2) is 36.4 Å². The average Bonchev–Trinajstić information content (AvgIpc) is 2.76. The number of hydrogen-bond acceptors (Lipinski definition) is 3. The van der Waals surface area contributed by atoms with Crippen LogP contribution < -0.4 is 10.2 Å². The first kappa shape index (κ1) is 16.5. The second kappa shape index (κ2) is 6.29. The highest BCUT2D eigenvalue weighted by Gasteiger charge is 2.40. The monoisotopic (exact) mass is 342 g/mol. The summed E-state index contributed by atoms with van der Waals surface area (Å²) >= 11 is 6.12. The molecule has 2 aromatic carbocycles. The highest BCUT2D eigenvalue weighted by Crippen LogP contribution is 2.31. The maximum absolute atomic E-state index is 12.8. The maximum atomic E-state index is 12.8. The third kappa shape index (κ3) is 3.02. The van der Waals surface area contributed by atoms with Gasteiger partial charge in [-0.25, -0.2) is 4.90 Å². The lowest BCUT2D eigenvalue weighted by Crippen LogP contribution is -2.35. The fourth-order valence-corrected chi connectivity index (χ4v) is 3.26. The van der Waals surface area contributed by atoms with Gasteiger partial charge in [-0.3, -0.25) is 9.59 Å². The molecule has 124 valence electrons. The Balaban J connectivity index is 1.88. The molecule has 1 saturated heterocycles. The first-order chi connectivity index (χ1) is 11.4. The van der Waals surface area contributed by atoms with Crippen LogP contribution in [0.1, 0.15) is 23.1 Å². The zero-order valence-electron chi connectivity index (χ0n) is 13.9. The molecule has 0 aliphatic carbocycles. The second-order valence-corrected chi connectivity index (χ2v) is 6.64. The van der Waals surface area contributed by atoms with Crippen LogP contribution in [0.2, 0.25) is 5.02 Å². The van der Waals surface area contributed by atoms with Gasteiger partial charge in [-0.1, -0.05) is 23.7 Å². The van der Waals surface area contributed by atoms with Crippen LogP contribution in [-0.4, -0.2) is 17.9 Å². The van der Waals surface area contributed by atoms with E-state index in [2.05, 4.69) is 11.4 Å². The third-order valence-electron chi connectivity index (χ3n) is 4.19. The summed E-state index contributed by atoms with van der Waals surface area (Å²) in [6.45, 7) is 5.81. The van der Waals surface area contributed by atoms with Gasteiger partial charge in [0.1, 0.15) is 6.04 Å². The Labute approximate surface area is 146 Å². The van der Waals surface area contributed by atoms with E-state index in [-0.39, 0.29) is 18.2 Å². The number of carbonyl (C=O) groups excluding carboxylic acids is 2. The van der Waals surface area contributed by atoms with Gasteiger partial charge in [0.05, 0.1) is 12.1 Å². The summed E-state index contributed by atoms with van der Waals surface area (Å²) in [6.07, 6.45) is 0.137. The van der Waals surface area contributed by atoms with Crippen LogP contribution in [0.25, 0.3) is 0 Å². The highest BCUT2D eigenvalue weighted by molar-refractivity contribution is 6.32. The van der Waals surface area contributed by atoms with Crippen molar-refractivity contribution in [2.45, 2.75) is 33.2 Å². The predicted molar refractivity (Wildman–Crippen MR) is 96.6 cm³/mol. The summed E-state index contributed by atoms with van der Waals surface area (Å²) < 4.78 is 0. The van der Waals surface area contributed by atoms with E-state index in [1.807, 2.05) is 32.9 Å². The first-order valence-corrected chi connectivity index (χ1v) is 8.21. The van der Waals surface area contributed by atoms with E-state index in [1.54, 1.807) is 18.2 Å². The van der Waals surface area contributed by atoms with Gasteiger partial charge in [0, 0.05) is 10.7 Å². The number of nitrogens with one attached hydrogen (secondary N) is 1. The lowest BCUT2D eigenvalue weighted by atomic mass is 10.1. The molecule has 1 atom stereocenters.